The van der Waals surface area contributed by atoms with Crippen LogP contribution in [0.1, 0.15) is 52.7 Å². The van der Waals surface area contributed by atoms with E-state index >= 15 is 0 Å². The molecule has 3 heteroatoms. The van der Waals surface area contributed by atoms with E-state index in [9.17, 15) is 0 Å². The third-order valence-corrected chi connectivity index (χ3v) is 9.49. The average Bonchev–Trinajstić information content (AvgIpc) is 3.54. The number of benzene rings is 5. The first kappa shape index (κ1) is 27.6. The Balaban J connectivity index is 1.51. The molecule has 0 bridgehead atoms. The smallest absolute Gasteiger partial charge is 0.147 e. The molecule has 0 N–H and O–H groups in total. The predicted molar refractivity (Wildman–Crippen MR) is 187 cm³/mol. The molecule has 43 heavy (non-hydrogen) atoms. The Morgan fingerprint density at radius 2 is 1.44 bits per heavy atom. The maximum Gasteiger partial charge on any atom is 0.147 e. The van der Waals surface area contributed by atoms with E-state index in [-0.39, 0.29) is 10.8 Å². The number of thiophene rings is 1. The van der Waals surface area contributed by atoms with Crippen molar-refractivity contribution in [1.82, 2.24) is 9.55 Å². The lowest BCUT2D eigenvalue weighted by atomic mass is 9.85. The third-order valence-electron chi connectivity index (χ3n) is 8.29. The van der Waals surface area contributed by atoms with Gasteiger partial charge in [-0.3, -0.25) is 4.57 Å². The second-order valence-electron chi connectivity index (χ2n) is 14.0. The van der Waals surface area contributed by atoms with Gasteiger partial charge in [0.1, 0.15) is 5.82 Å². The summed E-state index contributed by atoms with van der Waals surface area (Å²) in [5, 5.41) is 2.62. The molecule has 0 saturated carbocycles. The lowest BCUT2D eigenvalue weighted by Gasteiger charge is -2.23. The minimum atomic E-state index is 0.0381. The van der Waals surface area contributed by atoms with E-state index in [4.69, 9.17) is 4.98 Å². The van der Waals surface area contributed by atoms with Crippen molar-refractivity contribution in [3.05, 3.63) is 120 Å². The summed E-state index contributed by atoms with van der Waals surface area (Å²) in [5.41, 5.74) is 9.86. The first-order chi connectivity index (χ1) is 20.6. The van der Waals surface area contributed by atoms with Crippen molar-refractivity contribution in [3.63, 3.8) is 0 Å². The zero-order valence-corrected chi connectivity index (χ0v) is 26.7. The number of imidazole rings is 1. The van der Waals surface area contributed by atoms with Crippen LogP contribution >= 0.6 is 11.3 Å². The van der Waals surface area contributed by atoms with Gasteiger partial charge in [-0.25, -0.2) is 4.98 Å². The fraction of sp³-hybridized carbons (Fsp3) is 0.225. The van der Waals surface area contributed by atoms with Crippen molar-refractivity contribution in [2.24, 2.45) is 5.41 Å². The average molecular weight is 579 g/mol. The lowest BCUT2D eigenvalue weighted by Crippen LogP contribution is -2.12. The fourth-order valence-corrected chi connectivity index (χ4v) is 7.51. The Bertz CT molecular complexity index is 2110. The number of nitrogens with zero attached hydrogens (tertiary/aromatic N) is 2. The Morgan fingerprint density at radius 1 is 0.674 bits per heavy atom. The van der Waals surface area contributed by atoms with Crippen LogP contribution in [-0.4, -0.2) is 9.55 Å². The second-order valence-corrected chi connectivity index (χ2v) is 15.0. The molecular weight excluding hydrogens is 541 g/mol. The van der Waals surface area contributed by atoms with Crippen LogP contribution in [0.25, 0.3) is 59.4 Å². The lowest BCUT2D eigenvalue weighted by molar-refractivity contribution is 0.411. The van der Waals surface area contributed by atoms with E-state index in [1.54, 1.807) is 0 Å². The van der Waals surface area contributed by atoms with Gasteiger partial charge in [0.25, 0.3) is 0 Å². The highest BCUT2D eigenvalue weighted by atomic mass is 32.1. The van der Waals surface area contributed by atoms with Gasteiger partial charge < -0.3 is 0 Å². The molecule has 0 saturated heterocycles. The number of para-hydroxylation sites is 2. The van der Waals surface area contributed by atoms with Gasteiger partial charge in [0.15, 0.2) is 0 Å². The van der Waals surface area contributed by atoms with E-state index in [0.717, 1.165) is 29.0 Å². The Labute approximate surface area is 258 Å². The van der Waals surface area contributed by atoms with Gasteiger partial charge in [0, 0.05) is 31.3 Å². The first-order valence-corrected chi connectivity index (χ1v) is 16.0. The van der Waals surface area contributed by atoms with E-state index in [1.807, 2.05) is 11.3 Å². The van der Waals surface area contributed by atoms with Gasteiger partial charge in [-0.15, -0.1) is 11.3 Å². The van der Waals surface area contributed by atoms with Crippen LogP contribution in [-0.2, 0) is 11.8 Å². The summed E-state index contributed by atoms with van der Waals surface area (Å²) < 4.78 is 5.01. The minimum Gasteiger partial charge on any atom is -0.292 e. The SMILES string of the molecule is CC(C)(C)Cc1ccc2c(c1)sc1c(-c3nc4ccccc4n3-c3ccc(C(C)(C)C)cc3-c3ccccc3)cccc12. The summed E-state index contributed by atoms with van der Waals surface area (Å²) >= 11 is 1.89. The fourth-order valence-electron chi connectivity index (χ4n) is 6.24. The summed E-state index contributed by atoms with van der Waals surface area (Å²) in [4.78, 5) is 5.32. The van der Waals surface area contributed by atoms with Gasteiger partial charge in [0.05, 0.1) is 16.7 Å². The Kier molecular flexibility index (Phi) is 6.55. The van der Waals surface area contributed by atoms with Crippen LogP contribution in [0, 0.1) is 5.41 Å². The molecule has 0 radical (unpaired) electrons. The van der Waals surface area contributed by atoms with E-state index in [2.05, 4.69) is 155 Å². The quantitative estimate of drug-likeness (QED) is 0.203. The van der Waals surface area contributed by atoms with Gasteiger partial charge in [-0.05, 0) is 70.3 Å². The van der Waals surface area contributed by atoms with Gasteiger partial charge >= 0.3 is 0 Å². The summed E-state index contributed by atoms with van der Waals surface area (Å²) in [7, 11) is 0. The van der Waals surface area contributed by atoms with E-state index < -0.39 is 0 Å². The predicted octanol–water partition coefficient (Wildman–Crippen LogP) is 11.6. The van der Waals surface area contributed by atoms with E-state index in [1.165, 1.54) is 48.0 Å². The number of hydrogen-bond acceptors (Lipinski definition) is 2. The highest BCUT2D eigenvalue weighted by Crippen LogP contribution is 2.43. The normalized spacial score (nSPS) is 12.5. The maximum absolute atomic E-state index is 5.32. The number of aromatic nitrogens is 2. The highest BCUT2D eigenvalue weighted by Gasteiger charge is 2.23. The second kappa shape index (κ2) is 10.2. The molecule has 0 spiro atoms. The molecule has 0 fully saturated rings. The van der Waals surface area contributed by atoms with Crippen molar-refractivity contribution in [2.45, 2.75) is 53.4 Å². The largest absolute Gasteiger partial charge is 0.292 e. The van der Waals surface area contributed by atoms with Crippen LogP contribution in [0.15, 0.2) is 109 Å². The van der Waals surface area contributed by atoms with Crippen LogP contribution in [0.3, 0.4) is 0 Å². The monoisotopic (exact) mass is 578 g/mol. The summed E-state index contributed by atoms with van der Waals surface area (Å²) in [6, 6.07) is 40.0. The number of hydrogen-bond donors (Lipinski definition) is 0. The van der Waals surface area contributed by atoms with Crippen molar-refractivity contribution >= 4 is 42.5 Å². The van der Waals surface area contributed by atoms with Crippen LogP contribution in [0.5, 0.6) is 0 Å². The molecule has 2 aromatic heterocycles. The van der Waals surface area contributed by atoms with E-state index in [0.29, 0.717) is 0 Å². The maximum atomic E-state index is 5.32. The molecule has 7 aromatic rings. The summed E-state index contributed by atoms with van der Waals surface area (Å²) in [5.74, 6) is 0.981. The topological polar surface area (TPSA) is 17.8 Å². The van der Waals surface area contributed by atoms with Crippen LogP contribution < -0.4 is 0 Å². The highest BCUT2D eigenvalue weighted by molar-refractivity contribution is 7.26. The number of rotatable bonds is 4. The number of fused-ring (bicyclic) bond motifs is 4. The molecule has 2 heterocycles. The molecule has 0 atom stereocenters. The van der Waals surface area contributed by atoms with Gasteiger partial charge in [-0.2, -0.15) is 0 Å². The molecule has 0 aliphatic rings. The zero-order chi connectivity index (χ0) is 29.9. The van der Waals surface area contributed by atoms with Crippen LogP contribution in [0.4, 0.5) is 0 Å². The molecule has 0 aliphatic carbocycles. The molecule has 5 aromatic carbocycles. The van der Waals surface area contributed by atoms with Gasteiger partial charge in [0.2, 0.25) is 0 Å². The molecule has 7 rings (SSSR count). The summed E-state index contributed by atoms with van der Waals surface area (Å²) in [6.07, 6.45) is 1.06. The van der Waals surface area contributed by atoms with Gasteiger partial charge in [-0.1, -0.05) is 114 Å². The first-order valence-electron chi connectivity index (χ1n) is 15.2. The standard InChI is InChI=1S/C40H38N2S/c1-39(2,3)25-26-19-21-29-30-15-12-16-31(37(30)43-36(29)23-26)38-41-33-17-10-11-18-35(33)42(38)34-22-20-28(40(4,5)6)24-32(34)27-13-8-7-9-14-27/h7-24H,25H2,1-6H3. The zero-order valence-electron chi connectivity index (χ0n) is 25.9. The minimum absolute atomic E-state index is 0.0381. The molecule has 0 amide bonds. The molecule has 2 nitrogen and oxygen atoms in total. The summed E-state index contributed by atoms with van der Waals surface area (Å²) in [6.45, 7) is 13.8. The van der Waals surface area contributed by atoms with Crippen LogP contribution in [0.2, 0.25) is 0 Å². The molecule has 214 valence electrons. The molecule has 0 aliphatic heterocycles. The Hall–Kier alpha value is -4.21. The van der Waals surface area contributed by atoms with Crippen molar-refractivity contribution < 1.29 is 0 Å². The molecular formula is C40H38N2S. The van der Waals surface area contributed by atoms with Crippen molar-refractivity contribution in [3.8, 4) is 28.2 Å². The molecule has 0 unspecified atom stereocenters. The van der Waals surface area contributed by atoms with Crippen molar-refractivity contribution in [1.29, 1.82) is 0 Å². The Morgan fingerprint density at radius 3 is 2.21 bits per heavy atom. The van der Waals surface area contributed by atoms with Crippen molar-refractivity contribution in [2.75, 3.05) is 0 Å². The third kappa shape index (κ3) is 5.06.